The standard InChI is InChI=1S/C25H22N2O5/c1-4-26-15(2)12-21(16(26)3)22(28)14-32-25(31)17-8-7-9-18(13-17)27-23(29)19-10-5-6-11-20(19)24(27)30/h5-13H,4,14H2,1-3H3. The van der Waals surface area contributed by atoms with Crippen molar-refractivity contribution in [2.24, 2.45) is 0 Å². The molecule has 7 heteroatoms. The fourth-order valence-corrected chi connectivity index (χ4v) is 4.06. The number of aryl methyl sites for hydroxylation is 1. The molecule has 0 spiro atoms. The van der Waals surface area contributed by atoms with Crippen LogP contribution >= 0.6 is 0 Å². The number of Topliss-reactive ketones (excluding diaryl/α,β-unsaturated/α-hetero) is 1. The molecule has 1 aromatic heterocycles. The van der Waals surface area contributed by atoms with E-state index in [2.05, 4.69) is 0 Å². The average molecular weight is 430 g/mol. The fourth-order valence-electron chi connectivity index (χ4n) is 4.06. The number of fused-ring (bicyclic) bond motifs is 1. The van der Waals surface area contributed by atoms with Crippen LogP contribution in [0.1, 0.15) is 59.7 Å². The first-order valence-corrected chi connectivity index (χ1v) is 10.3. The Bertz CT molecular complexity index is 1240. The van der Waals surface area contributed by atoms with Gasteiger partial charge < -0.3 is 9.30 Å². The number of hydrogen-bond donors (Lipinski definition) is 0. The highest BCUT2D eigenvalue weighted by Gasteiger charge is 2.36. The van der Waals surface area contributed by atoms with Gasteiger partial charge in [-0.2, -0.15) is 0 Å². The quantitative estimate of drug-likeness (QED) is 0.336. The highest BCUT2D eigenvalue weighted by Crippen LogP contribution is 2.29. The Morgan fingerprint density at radius 1 is 0.906 bits per heavy atom. The van der Waals surface area contributed by atoms with E-state index in [1.54, 1.807) is 42.5 Å². The van der Waals surface area contributed by atoms with Crippen LogP contribution in [0, 0.1) is 13.8 Å². The Balaban J connectivity index is 1.50. The predicted octanol–water partition coefficient (Wildman–Crippen LogP) is 3.97. The van der Waals surface area contributed by atoms with Crippen molar-refractivity contribution in [2.45, 2.75) is 27.3 Å². The number of rotatable bonds is 6. The van der Waals surface area contributed by atoms with Gasteiger partial charge in [-0.05, 0) is 57.2 Å². The molecule has 3 aromatic rings. The first kappa shape index (κ1) is 21.2. The Morgan fingerprint density at radius 3 is 2.16 bits per heavy atom. The van der Waals surface area contributed by atoms with Crippen LogP contribution in [0.15, 0.2) is 54.6 Å². The third-order valence-electron chi connectivity index (χ3n) is 5.66. The molecule has 2 amide bonds. The maximum absolute atomic E-state index is 12.7. The number of aromatic nitrogens is 1. The van der Waals surface area contributed by atoms with Crippen LogP contribution in [0.25, 0.3) is 0 Å². The van der Waals surface area contributed by atoms with E-state index in [1.165, 1.54) is 12.1 Å². The summed E-state index contributed by atoms with van der Waals surface area (Å²) < 4.78 is 7.24. The number of nitrogens with zero attached hydrogens (tertiary/aromatic N) is 2. The molecular weight excluding hydrogens is 408 g/mol. The van der Waals surface area contributed by atoms with E-state index >= 15 is 0 Å². The number of anilines is 1. The molecule has 1 aliphatic heterocycles. The Hall–Kier alpha value is -4.00. The molecule has 0 saturated carbocycles. The number of hydrogen-bond acceptors (Lipinski definition) is 5. The SMILES string of the molecule is CCn1c(C)cc(C(=O)COC(=O)c2cccc(N3C(=O)c4ccccc4C3=O)c2)c1C. The first-order chi connectivity index (χ1) is 15.3. The molecule has 0 saturated heterocycles. The van der Waals surface area contributed by atoms with Crippen molar-refractivity contribution in [3.63, 3.8) is 0 Å². The van der Waals surface area contributed by atoms with Crippen LogP contribution in [0.3, 0.4) is 0 Å². The van der Waals surface area contributed by atoms with Gasteiger partial charge in [-0.1, -0.05) is 18.2 Å². The minimum absolute atomic E-state index is 0.144. The molecule has 2 heterocycles. The van der Waals surface area contributed by atoms with Crippen LogP contribution in [0.5, 0.6) is 0 Å². The summed E-state index contributed by atoms with van der Waals surface area (Å²) >= 11 is 0. The van der Waals surface area contributed by atoms with Crippen molar-refractivity contribution < 1.29 is 23.9 Å². The highest BCUT2D eigenvalue weighted by molar-refractivity contribution is 6.34. The summed E-state index contributed by atoms with van der Waals surface area (Å²) in [6, 6.07) is 14.4. The molecule has 2 aromatic carbocycles. The van der Waals surface area contributed by atoms with Crippen molar-refractivity contribution in [3.05, 3.63) is 88.2 Å². The van der Waals surface area contributed by atoms with Crippen molar-refractivity contribution >= 4 is 29.3 Å². The fraction of sp³-hybridized carbons (Fsp3) is 0.200. The van der Waals surface area contributed by atoms with E-state index in [9.17, 15) is 19.2 Å². The van der Waals surface area contributed by atoms with Gasteiger partial charge in [-0.3, -0.25) is 14.4 Å². The number of carbonyl (C=O) groups excluding carboxylic acids is 4. The van der Waals surface area contributed by atoms with Gasteiger partial charge in [0.15, 0.2) is 6.61 Å². The maximum atomic E-state index is 12.7. The number of esters is 1. The molecule has 0 unspecified atom stereocenters. The first-order valence-electron chi connectivity index (χ1n) is 10.3. The molecule has 0 radical (unpaired) electrons. The summed E-state index contributed by atoms with van der Waals surface area (Å²) in [7, 11) is 0. The number of imide groups is 1. The van der Waals surface area contributed by atoms with Crippen molar-refractivity contribution in [1.82, 2.24) is 4.57 Å². The van der Waals surface area contributed by atoms with Gasteiger partial charge in [-0.15, -0.1) is 0 Å². The van der Waals surface area contributed by atoms with Crippen LogP contribution < -0.4 is 4.90 Å². The highest BCUT2D eigenvalue weighted by atomic mass is 16.5. The van der Waals surface area contributed by atoms with Gasteiger partial charge in [0.1, 0.15) is 0 Å². The third kappa shape index (κ3) is 3.51. The lowest BCUT2D eigenvalue weighted by Gasteiger charge is -2.14. The molecule has 0 atom stereocenters. The molecule has 0 fully saturated rings. The van der Waals surface area contributed by atoms with Gasteiger partial charge in [0.25, 0.3) is 11.8 Å². The van der Waals surface area contributed by atoms with Gasteiger partial charge in [0.2, 0.25) is 5.78 Å². The normalized spacial score (nSPS) is 12.8. The summed E-state index contributed by atoms with van der Waals surface area (Å²) in [5, 5.41) is 0. The lowest BCUT2D eigenvalue weighted by Crippen LogP contribution is -2.29. The van der Waals surface area contributed by atoms with Gasteiger partial charge >= 0.3 is 5.97 Å². The third-order valence-corrected chi connectivity index (χ3v) is 5.66. The molecule has 162 valence electrons. The molecule has 1 aliphatic rings. The van der Waals surface area contributed by atoms with Gasteiger partial charge in [-0.25, -0.2) is 9.69 Å². The zero-order valence-corrected chi connectivity index (χ0v) is 18.0. The molecule has 0 bridgehead atoms. The van der Waals surface area contributed by atoms with Crippen LogP contribution in [0.4, 0.5) is 5.69 Å². The lowest BCUT2D eigenvalue weighted by atomic mass is 10.1. The second-order valence-corrected chi connectivity index (χ2v) is 7.57. The number of ketones is 1. The smallest absolute Gasteiger partial charge is 0.338 e. The maximum Gasteiger partial charge on any atom is 0.338 e. The summed E-state index contributed by atoms with van der Waals surface area (Å²) in [5.74, 6) is -1.89. The largest absolute Gasteiger partial charge is 0.454 e. The number of carbonyl (C=O) groups is 4. The molecule has 4 rings (SSSR count). The van der Waals surface area contributed by atoms with E-state index in [-0.39, 0.29) is 17.0 Å². The van der Waals surface area contributed by atoms with Crippen LogP contribution in [-0.2, 0) is 11.3 Å². The summed E-state index contributed by atoms with van der Waals surface area (Å²) in [6.07, 6.45) is 0. The Kier molecular flexibility index (Phi) is 5.48. The number of amides is 2. The molecular formula is C25H22N2O5. The zero-order valence-electron chi connectivity index (χ0n) is 18.0. The topological polar surface area (TPSA) is 85.7 Å². The van der Waals surface area contributed by atoms with E-state index in [0.717, 1.165) is 22.8 Å². The minimum atomic E-state index is -0.707. The van der Waals surface area contributed by atoms with Gasteiger partial charge in [0.05, 0.1) is 22.4 Å². The van der Waals surface area contributed by atoms with E-state index in [0.29, 0.717) is 16.7 Å². The Morgan fingerprint density at radius 2 is 1.56 bits per heavy atom. The molecule has 0 N–H and O–H groups in total. The van der Waals surface area contributed by atoms with Crippen molar-refractivity contribution in [2.75, 3.05) is 11.5 Å². The number of ether oxygens (including phenoxy) is 1. The predicted molar refractivity (Wildman–Crippen MR) is 118 cm³/mol. The second-order valence-electron chi connectivity index (χ2n) is 7.57. The van der Waals surface area contributed by atoms with E-state index in [1.807, 2.05) is 25.3 Å². The monoisotopic (exact) mass is 430 g/mol. The summed E-state index contributed by atoms with van der Waals surface area (Å²) in [5.41, 5.74) is 3.37. The Labute approximate surface area is 185 Å². The number of benzene rings is 2. The second kappa shape index (κ2) is 8.26. The van der Waals surface area contributed by atoms with E-state index < -0.39 is 24.4 Å². The lowest BCUT2D eigenvalue weighted by molar-refractivity contribution is 0.0474. The zero-order chi connectivity index (χ0) is 23.0. The molecule has 0 aliphatic carbocycles. The molecule has 32 heavy (non-hydrogen) atoms. The average Bonchev–Trinajstić information content (AvgIpc) is 3.23. The van der Waals surface area contributed by atoms with Crippen molar-refractivity contribution in [3.8, 4) is 0 Å². The summed E-state index contributed by atoms with van der Waals surface area (Å²) in [6.45, 7) is 6.12. The van der Waals surface area contributed by atoms with E-state index in [4.69, 9.17) is 4.74 Å². The van der Waals surface area contributed by atoms with Crippen molar-refractivity contribution in [1.29, 1.82) is 0 Å². The summed E-state index contributed by atoms with van der Waals surface area (Å²) in [4.78, 5) is 51.6. The molecule has 7 nitrogen and oxygen atoms in total. The minimum Gasteiger partial charge on any atom is -0.454 e. The van der Waals surface area contributed by atoms with Crippen LogP contribution in [-0.4, -0.2) is 34.7 Å². The van der Waals surface area contributed by atoms with Gasteiger partial charge in [0, 0.05) is 23.5 Å². The van der Waals surface area contributed by atoms with Crippen LogP contribution in [0.2, 0.25) is 0 Å².